The van der Waals surface area contributed by atoms with Gasteiger partial charge in [-0.3, -0.25) is 0 Å². The molecule has 1 heteroatoms. The van der Waals surface area contributed by atoms with Gasteiger partial charge in [-0.05, 0) is 24.5 Å². The number of rotatable bonds is 4. The first-order valence-electron chi connectivity index (χ1n) is 4.78. The van der Waals surface area contributed by atoms with Gasteiger partial charge in [-0.25, -0.2) is 0 Å². The van der Waals surface area contributed by atoms with Crippen LogP contribution in [-0.4, -0.2) is 6.54 Å². The lowest BCUT2D eigenvalue weighted by Gasteiger charge is -1.91. The Kier molecular flexibility index (Phi) is 4.10. The number of hydrogen-bond acceptors (Lipinski definition) is 1. The fourth-order valence-electron chi connectivity index (χ4n) is 1.21. The molecule has 0 bridgehead atoms. The summed E-state index contributed by atoms with van der Waals surface area (Å²) in [5.41, 5.74) is 2.33. The lowest BCUT2D eigenvalue weighted by Crippen LogP contribution is -2.04. The molecule has 1 aliphatic rings. The van der Waals surface area contributed by atoms with Gasteiger partial charge in [0.1, 0.15) is 0 Å². The average Bonchev–Trinajstić information content (AvgIpc) is 2.51. The number of hydrogen-bond donors (Lipinski definition) is 1. The maximum absolute atomic E-state index is 3.83. The van der Waals surface area contributed by atoms with Crippen molar-refractivity contribution >= 4 is 0 Å². The van der Waals surface area contributed by atoms with Crippen LogP contribution in [-0.2, 0) is 0 Å². The molecule has 1 nitrogen and oxygen atoms in total. The van der Waals surface area contributed by atoms with Crippen LogP contribution >= 0.6 is 0 Å². The van der Waals surface area contributed by atoms with Crippen molar-refractivity contribution < 1.29 is 0 Å². The van der Waals surface area contributed by atoms with Crippen molar-refractivity contribution in [3.05, 3.63) is 48.2 Å². The van der Waals surface area contributed by atoms with Gasteiger partial charge in [0.25, 0.3) is 0 Å². The highest BCUT2D eigenvalue weighted by atomic mass is 14.9. The zero-order valence-corrected chi connectivity index (χ0v) is 8.22. The second-order valence-corrected chi connectivity index (χ2v) is 3.12. The maximum Gasteiger partial charge on any atom is 0.0401 e. The molecule has 0 aromatic carbocycles. The van der Waals surface area contributed by atoms with Crippen LogP contribution in [0.2, 0.25) is 0 Å². The molecular formula is C12H17N. The number of allylic oxidation sites excluding steroid dienone is 4. The molecule has 0 aromatic heterocycles. The molecule has 1 N–H and O–H groups in total. The van der Waals surface area contributed by atoms with E-state index in [-0.39, 0.29) is 0 Å². The second kappa shape index (κ2) is 5.41. The van der Waals surface area contributed by atoms with Gasteiger partial charge in [0.15, 0.2) is 0 Å². The summed E-state index contributed by atoms with van der Waals surface area (Å²) in [5.74, 6) is 0. The Morgan fingerprint density at radius 3 is 2.92 bits per heavy atom. The van der Waals surface area contributed by atoms with E-state index in [0.29, 0.717) is 0 Å². The van der Waals surface area contributed by atoms with E-state index in [1.165, 1.54) is 5.57 Å². The fourth-order valence-corrected chi connectivity index (χ4v) is 1.21. The predicted molar refractivity (Wildman–Crippen MR) is 58.4 cm³/mol. The van der Waals surface area contributed by atoms with Crippen molar-refractivity contribution in [2.24, 2.45) is 0 Å². The summed E-state index contributed by atoms with van der Waals surface area (Å²) in [6, 6.07) is 0. The van der Waals surface area contributed by atoms with Crippen LogP contribution in [0.25, 0.3) is 0 Å². The van der Waals surface area contributed by atoms with E-state index in [9.17, 15) is 0 Å². The maximum atomic E-state index is 3.83. The Bertz CT molecular complexity index is 256. The molecule has 0 saturated heterocycles. The third-order valence-corrected chi connectivity index (χ3v) is 1.89. The molecule has 0 amide bonds. The molecular weight excluding hydrogens is 158 g/mol. The van der Waals surface area contributed by atoms with Gasteiger partial charge in [-0.2, -0.15) is 0 Å². The van der Waals surface area contributed by atoms with Crippen LogP contribution in [0.4, 0.5) is 0 Å². The summed E-state index contributed by atoms with van der Waals surface area (Å²) in [7, 11) is 0. The van der Waals surface area contributed by atoms with E-state index in [1.807, 2.05) is 0 Å². The summed E-state index contributed by atoms with van der Waals surface area (Å²) in [6.45, 7) is 6.90. The van der Waals surface area contributed by atoms with Gasteiger partial charge >= 0.3 is 0 Å². The van der Waals surface area contributed by atoms with Crippen molar-refractivity contribution in [3.8, 4) is 0 Å². The van der Waals surface area contributed by atoms with Crippen LogP contribution in [0.1, 0.15) is 19.8 Å². The summed E-state index contributed by atoms with van der Waals surface area (Å²) in [5, 5.41) is 3.17. The first-order valence-corrected chi connectivity index (χ1v) is 4.78. The normalized spacial score (nSPS) is 17.0. The van der Waals surface area contributed by atoms with E-state index in [2.05, 4.69) is 49.2 Å². The fraction of sp³-hybridized carbons (Fsp3) is 0.333. The zero-order chi connectivity index (χ0) is 9.52. The molecule has 0 spiro atoms. The molecule has 70 valence electrons. The summed E-state index contributed by atoms with van der Waals surface area (Å²) in [6.07, 6.45) is 12.9. The summed E-state index contributed by atoms with van der Waals surface area (Å²) >= 11 is 0. The SMILES string of the molecule is C=C1C=C(/C=C/C/C=C\CC)CN1. The van der Waals surface area contributed by atoms with Gasteiger partial charge in [0.2, 0.25) is 0 Å². The first-order chi connectivity index (χ1) is 6.33. The van der Waals surface area contributed by atoms with Crippen LogP contribution in [0, 0.1) is 0 Å². The smallest absolute Gasteiger partial charge is 0.0401 e. The van der Waals surface area contributed by atoms with Crippen molar-refractivity contribution in [1.82, 2.24) is 5.32 Å². The van der Waals surface area contributed by atoms with Crippen molar-refractivity contribution in [3.63, 3.8) is 0 Å². The van der Waals surface area contributed by atoms with Gasteiger partial charge in [-0.1, -0.05) is 37.8 Å². The van der Waals surface area contributed by atoms with Crippen LogP contribution in [0.5, 0.6) is 0 Å². The minimum atomic E-state index is 0.923. The van der Waals surface area contributed by atoms with Gasteiger partial charge in [-0.15, -0.1) is 0 Å². The highest BCUT2D eigenvalue weighted by molar-refractivity contribution is 5.34. The Morgan fingerprint density at radius 1 is 1.46 bits per heavy atom. The molecule has 1 heterocycles. The summed E-state index contributed by atoms with van der Waals surface area (Å²) in [4.78, 5) is 0. The van der Waals surface area contributed by atoms with Crippen LogP contribution < -0.4 is 5.32 Å². The minimum absolute atomic E-state index is 0.923. The highest BCUT2D eigenvalue weighted by Gasteiger charge is 2.01. The molecule has 0 aromatic rings. The molecule has 0 atom stereocenters. The zero-order valence-electron chi connectivity index (χ0n) is 8.22. The van der Waals surface area contributed by atoms with Crippen molar-refractivity contribution in [2.75, 3.05) is 6.54 Å². The molecule has 0 unspecified atom stereocenters. The monoisotopic (exact) mass is 175 g/mol. The third-order valence-electron chi connectivity index (χ3n) is 1.89. The van der Waals surface area contributed by atoms with Crippen LogP contribution in [0.15, 0.2) is 48.2 Å². The molecule has 1 aliphatic heterocycles. The van der Waals surface area contributed by atoms with Crippen molar-refractivity contribution in [1.29, 1.82) is 0 Å². The second-order valence-electron chi connectivity index (χ2n) is 3.12. The molecule has 13 heavy (non-hydrogen) atoms. The molecule has 0 aliphatic carbocycles. The summed E-state index contributed by atoms with van der Waals surface area (Å²) < 4.78 is 0. The Hall–Kier alpha value is -1.24. The average molecular weight is 175 g/mol. The van der Waals surface area contributed by atoms with E-state index >= 15 is 0 Å². The lowest BCUT2D eigenvalue weighted by molar-refractivity contribution is 0.968. The van der Waals surface area contributed by atoms with Gasteiger partial charge in [0, 0.05) is 12.2 Å². The standard InChI is InChI=1S/C12H17N/c1-3-4-5-6-7-8-12-9-11(2)13-10-12/h4-5,7-9,13H,2-3,6,10H2,1H3/b5-4-,8-7+. The quantitative estimate of drug-likeness (QED) is 0.648. The largest absolute Gasteiger partial charge is 0.381 e. The third kappa shape index (κ3) is 3.79. The van der Waals surface area contributed by atoms with Crippen molar-refractivity contribution in [2.45, 2.75) is 19.8 Å². The van der Waals surface area contributed by atoms with E-state index in [0.717, 1.165) is 25.1 Å². The van der Waals surface area contributed by atoms with Crippen LogP contribution in [0.3, 0.4) is 0 Å². The predicted octanol–water partition coefficient (Wildman–Crippen LogP) is 2.94. The molecule has 0 fully saturated rings. The molecule has 1 rings (SSSR count). The minimum Gasteiger partial charge on any atom is -0.381 e. The van der Waals surface area contributed by atoms with E-state index < -0.39 is 0 Å². The molecule has 0 radical (unpaired) electrons. The highest BCUT2D eigenvalue weighted by Crippen LogP contribution is 2.07. The van der Waals surface area contributed by atoms with E-state index in [1.54, 1.807) is 0 Å². The van der Waals surface area contributed by atoms with Gasteiger partial charge < -0.3 is 5.32 Å². The first kappa shape index (κ1) is 9.85. The molecule has 0 saturated carbocycles. The lowest BCUT2D eigenvalue weighted by atomic mass is 10.2. The Balaban J connectivity index is 2.28. The Morgan fingerprint density at radius 2 is 2.31 bits per heavy atom. The number of nitrogens with one attached hydrogen (secondary N) is 1. The Labute approximate surface area is 80.5 Å². The van der Waals surface area contributed by atoms with E-state index in [4.69, 9.17) is 0 Å². The topological polar surface area (TPSA) is 12.0 Å². The van der Waals surface area contributed by atoms with Gasteiger partial charge in [0.05, 0.1) is 0 Å².